The van der Waals surface area contributed by atoms with Gasteiger partial charge in [0.25, 0.3) is 5.91 Å². The monoisotopic (exact) mass is 362 g/mol. The molecule has 1 aromatic carbocycles. The number of rotatable bonds is 4. The third-order valence-corrected chi connectivity index (χ3v) is 5.47. The van der Waals surface area contributed by atoms with Crippen molar-refractivity contribution in [1.29, 1.82) is 0 Å². The second kappa shape index (κ2) is 6.21. The number of carbonyl (C=O) groups excluding carboxylic acids is 1. The van der Waals surface area contributed by atoms with Crippen molar-refractivity contribution >= 4 is 45.7 Å². The second-order valence-electron chi connectivity index (χ2n) is 5.68. The van der Waals surface area contributed by atoms with Crippen LogP contribution in [-0.4, -0.2) is 39.4 Å². The molecule has 1 N–H and O–H groups in total. The summed E-state index contributed by atoms with van der Waals surface area (Å²) in [7, 11) is 0. The Morgan fingerprint density at radius 1 is 1.46 bits per heavy atom. The molecule has 2 aromatic rings. The number of thiazole rings is 1. The van der Waals surface area contributed by atoms with Gasteiger partial charge in [0.15, 0.2) is 11.1 Å². The number of aromatic nitrogens is 1. The summed E-state index contributed by atoms with van der Waals surface area (Å²) in [5.41, 5.74) is 1.95. The van der Waals surface area contributed by atoms with Crippen LogP contribution in [0.1, 0.15) is 10.6 Å². The van der Waals surface area contributed by atoms with Crippen LogP contribution in [0.25, 0.3) is 11.6 Å². The van der Waals surface area contributed by atoms with Gasteiger partial charge < -0.3 is 14.2 Å². The minimum atomic E-state index is -2.09. The highest BCUT2D eigenvalue weighted by Gasteiger charge is 2.35. The van der Waals surface area contributed by atoms with Crippen molar-refractivity contribution in [2.45, 2.75) is 4.90 Å². The SMILES string of the molecule is O=C1/C(=C/c2nccs2)c2cc(S(=O)O)ccc2N1CC1COC1. The smallest absolute Gasteiger partial charge is 0.259 e. The molecule has 0 bridgehead atoms. The first-order chi connectivity index (χ1) is 11.6. The van der Waals surface area contributed by atoms with Gasteiger partial charge >= 0.3 is 0 Å². The summed E-state index contributed by atoms with van der Waals surface area (Å²) >= 11 is -0.649. The molecule has 2 aliphatic rings. The van der Waals surface area contributed by atoms with E-state index in [0.717, 1.165) is 10.7 Å². The number of fused-ring (bicyclic) bond motifs is 1. The fourth-order valence-corrected chi connectivity index (χ4v) is 3.81. The molecule has 0 radical (unpaired) electrons. The number of ether oxygens (including phenoxy) is 1. The molecule has 124 valence electrons. The summed E-state index contributed by atoms with van der Waals surface area (Å²) < 4.78 is 25.9. The fourth-order valence-electron chi connectivity index (χ4n) is 2.84. The summed E-state index contributed by atoms with van der Waals surface area (Å²) in [6.07, 6.45) is 3.42. The topological polar surface area (TPSA) is 79.7 Å². The van der Waals surface area contributed by atoms with Crippen molar-refractivity contribution in [2.75, 3.05) is 24.7 Å². The van der Waals surface area contributed by atoms with E-state index in [1.807, 2.05) is 5.38 Å². The number of nitrogens with zero attached hydrogens (tertiary/aromatic N) is 2. The minimum absolute atomic E-state index is 0.104. The summed E-state index contributed by atoms with van der Waals surface area (Å²) in [5.74, 6) is 0.223. The van der Waals surface area contributed by atoms with Gasteiger partial charge in [0.05, 0.1) is 29.4 Å². The van der Waals surface area contributed by atoms with E-state index >= 15 is 0 Å². The van der Waals surface area contributed by atoms with Crippen molar-refractivity contribution in [3.8, 4) is 0 Å². The van der Waals surface area contributed by atoms with Gasteiger partial charge in [0, 0.05) is 29.6 Å². The van der Waals surface area contributed by atoms with E-state index < -0.39 is 11.1 Å². The average Bonchev–Trinajstić information content (AvgIpc) is 3.12. The molecule has 8 heteroatoms. The van der Waals surface area contributed by atoms with Crippen LogP contribution in [0.2, 0.25) is 0 Å². The summed E-state index contributed by atoms with van der Waals surface area (Å²) in [6, 6.07) is 4.93. The summed E-state index contributed by atoms with van der Waals surface area (Å²) in [4.78, 5) is 19.1. The Balaban J connectivity index is 1.79. The van der Waals surface area contributed by atoms with Gasteiger partial charge in [-0.05, 0) is 24.3 Å². The average molecular weight is 362 g/mol. The maximum Gasteiger partial charge on any atom is 0.259 e. The van der Waals surface area contributed by atoms with Gasteiger partial charge in [0.2, 0.25) is 0 Å². The maximum atomic E-state index is 12.9. The number of carbonyl (C=O) groups is 1. The molecule has 1 fully saturated rings. The molecule has 0 aliphatic carbocycles. The Labute approximate surface area is 145 Å². The van der Waals surface area contributed by atoms with Crippen LogP contribution in [0.15, 0.2) is 34.7 Å². The predicted octanol–water partition coefficient (Wildman–Crippen LogP) is 2.26. The third kappa shape index (κ3) is 2.71. The Morgan fingerprint density at radius 2 is 2.29 bits per heavy atom. The molecular weight excluding hydrogens is 348 g/mol. The Hall–Kier alpha value is -1.87. The zero-order valence-corrected chi connectivity index (χ0v) is 14.2. The van der Waals surface area contributed by atoms with Crippen molar-refractivity contribution in [3.63, 3.8) is 0 Å². The molecule has 1 saturated heterocycles. The lowest BCUT2D eigenvalue weighted by Gasteiger charge is -2.30. The fraction of sp³-hybridized carbons (Fsp3) is 0.250. The lowest BCUT2D eigenvalue weighted by molar-refractivity contribution is -0.113. The van der Waals surface area contributed by atoms with Gasteiger partial charge in [0.1, 0.15) is 5.01 Å². The lowest BCUT2D eigenvalue weighted by atomic mass is 10.1. The highest BCUT2D eigenvalue weighted by Crippen LogP contribution is 2.39. The molecule has 1 aromatic heterocycles. The quantitative estimate of drug-likeness (QED) is 0.667. The van der Waals surface area contributed by atoms with Gasteiger partial charge in [-0.25, -0.2) is 9.19 Å². The lowest BCUT2D eigenvalue weighted by Crippen LogP contribution is -2.40. The number of anilines is 1. The number of amides is 1. The van der Waals surface area contributed by atoms with E-state index in [-0.39, 0.29) is 10.8 Å². The van der Waals surface area contributed by atoms with Crippen LogP contribution < -0.4 is 4.90 Å². The number of hydrogen-bond acceptors (Lipinski definition) is 5. The standard InChI is InChI=1S/C16H14N2O4S2/c19-16-13(6-15-17-3-4-23-15)12-5-11(24(20)21)1-2-14(12)18(16)7-10-8-22-9-10/h1-6,10H,7-9H2,(H,20,21)/b13-6+. The van der Waals surface area contributed by atoms with E-state index in [0.29, 0.717) is 36.8 Å². The molecule has 0 spiro atoms. The molecule has 1 amide bonds. The van der Waals surface area contributed by atoms with Crippen LogP contribution in [-0.2, 0) is 20.6 Å². The van der Waals surface area contributed by atoms with Crippen molar-refractivity contribution in [2.24, 2.45) is 5.92 Å². The highest BCUT2D eigenvalue weighted by atomic mass is 32.2. The molecule has 24 heavy (non-hydrogen) atoms. The van der Waals surface area contributed by atoms with Crippen molar-refractivity contribution < 1.29 is 18.3 Å². The van der Waals surface area contributed by atoms with E-state index in [4.69, 9.17) is 4.74 Å². The second-order valence-corrected chi connectivity index (χ2v) is 7.57. The molecule has 0 saturated carbocycles. The van der Waals surface area contributed by atoms with E-state index in [1.165, 1.54) is 11.3 Å². The summed E-state index contributed by atoms with van der Waals surface area (Å²) in [5, 5.41) is 2.57. The number of benzene rings is 1. The maximum absolute atomic E-state index is 12.9. The van der Waals surface area contributed by atoms with Crippen molar-refractivity contribution in [3.05, 3.63) is 40.3 Å². The van der Waals surface area contributed by atoms with Crippen LogP contribution in [0.5, 0.6) is 0 Å². The van der Waals surface area contributed by atoms with Crippen LogP contribution in [0, 0.1) is 5.92 Å². The zero-order chi connectivity index (χ0) is 16.7. The Bertz CT molecular complexity index is 844. The highest BCUT2D eigenvalue weighted by molar-refractivity contribution is 7.79. The first kappa shape index (κ1) is 15.6. The number of hydrogen-bond donors (Lipinski definition) is 1. The largest absolute Gasteiger partial charge is 0.381 e. The van der Waals surface area contributed by atoms with E-state index in [2.05, 4.69) is 4.98 Å². The van der Waals surface area contributed by atoms with Crippen LogP contribution in [0.4, 0.5) is 5.69 Å². The minimum Gasteiger partial charge on any atom is -0.381 e. The molecular formula is C16H14N2O4S2. The summed E-state index contributed by atoms with van der Waals surface area (Å²) in [6.45, 7) is 1.90. The predicted molar refractivity (Wildman–Crippen MR) is 92.1 cm³/mol. The normalized spacial score (nSPS) is 20.3. The van der Waals surface area contributed by atoms with Gasteiger partial charge in [-0.1, -0.05) is 0 Å². The van der Waals surface area contributed by atoms with Crippen molar-refractivity contribution in [1.82, 2.24) is 4.98 Å². The zero-order valence-electron chi connectivity index (χ0n) is 12.5. The molecule has 1 unspecified atom stereocenters. The Kier molecular flexibility index (Phi) is 4.05. The van der Waals surface area contributed by atoms with Crippen LogP contribution in [0.3, 0.4) is 0 Å². The van der Waals surface area contributed by atoms with Gasteiger partial charge in [-0.2, -0.15) is 0 Å². The molecule has 3 heterocycles. The Morgan fingerprint density at radius 3 is 2.92 bits per heavy atom. The van der Waals surface area contributed by atoms with Gasteiger partial charge in [-0.3, -0.25) is 4.79 Å². The molecule has 1 atom stereocenters. The van der Waals surface area contributed by atoms with E-state index in [9.17, 15) is 13.6 Å². The van der Waals surface area contributed by atoms with Gasteiger partial charge in [-0.15, -0.1) is 11.3 Å². The molecule has 6 nitrogen and oxygen atoms in total. The molecule has 4 rings (SSSR count). The molecule has 2 aliphatic heterocycles. The first-order valence-corrected chi connectivity index (χ1v) is 9.38. The van der Waals surface area contributed by atoms with E-state index in [1.54, 1.807) is 35.4 Å². The first-order valence-electron chi connectivity index (χ1n) is 7.39. The van der Waals surface area contributed by atoms with Crippen LogP contribution >= 0.6 is 11.3 Å². The third-order valence-electron chi connectivity index (χ3n) is 4.09.